The molecule has 23 heavy (non-hydrogen) atoms. The second kappa shape index (κ2) is 6.80. The van der Waals surface area contributed by atoms with Crippen LogP contribution >= 0.6 is 11.6 Å². The second-order valence-corrected chi connectivity index (χ2v) is 6.57. The number of anilines is 3. The van der Waals surface area contributed by atoms with Gasteiger partial charge in [-0.05, 0) is 61.4 Å². The molecule has 2 aromatic rings. The van der Waals surface area contributed by atoms with Crippen molar-refractivity contribution in [1.29, 1.82) is 0 Å². The van der Waals surface area contributed by atoms with E-state index in [9.17, 15) is 17.4 Å². The van der Waals surface area contributed by atoms with E-state index in [-0.39, 0.29) is 5.69 Å². The van der Waals surface area contributed by atoms with Gasteiger partial charge in [0, 0.05) is 10.7 Å². The summed E-state index contributed by atoms with van der Waals surface area (Å²) >= 11 is 5.81. The molecule has 0 aromatic heterocycles. The predicted molar refractivity (Wildman–Crippen MR) is 88.5 cm³/mol. The Balaban J connectivity index is 2.35. The first-order valence-electron chi connectivity index (χ1n) is 6.56. The van der Waals surface area contributed by atoms with Gasteiger partial charge in [0.15, 0.2) is 0 Å². The number of hydrogen-bond donors (Lipinski definition) is 2. The van der Waals surface area contributed by atoms with Crippen LogP contribution in [0, 0.1) is 13.8 Å². The predicted octanol–water partition coefficient (Wildman–Crippen LogP) is 5.30. The van der Waals surface area contributed by atoms with Crippen molar-refractivity contribution in [3.05, 3.63) is 52.5 Å². The Labute approximate surface area is 139 Å². The van der Waals surface area contributed by atoms with Crippen molar-refractivity contribution in [2.75, 3.05) is 10.0 Å². The van der Waals surface area contributed by atoms with Gasteiger partial charge in [-0.2, -0.15) is 13.2 Å². The van der Waals surface area contributed by atoms with E-state index in [1.54, 1.807) is 37.3 Å². The molecule has 0 aliphatic carbocycles. The molecule has 0 heterocycles. The molecular weight excluding hydrogens is 349 g/mol. The fraction of sp³-hybridized carbons (Fsp3) is 0.200. The molecular formula is C15H14ClF3N2OS. The van der Waals surface area contributed by atoms with Gasteiger partial charge in [-0.25, -0.2) is 4.21 Å². The molecule has 2 N–H and O–H groups in total. The number of nitrogens with one attached hydrogen (secondary N) is 2. The van der Waals surface area contributed by atoms with Gasteiger partial charge in [0.2, 0.25) is 11.0 Å². The molecule has 8 heteroatoms. The van der Waals surface area contributed by atoms with Crippen molar-refractivity contribution >= 4 is 39.6 Å². The minimum Gasteiger partial charge on any atom is -0.354 e. The quantitative estimate of drug-likeness (QED) is 0.775. The van der Waals surface area contributed by atoms with Crippen LogP contribution in [-0.2, 0) is 11.0 Å². The highest BCUT2D eigenvalue weighted by Gasteiger charge is 2.37. The van der Waals surface area contributed by atoms with E-state index in [4.69, 9.17) is 11.6 Å². The number of halogens is 4. The summed E-state index contributed by atoms with van der Waals surface area (Å²) in [5.41, 5.74) is -2.00. The molecule has 0 saturated carbocycles. The van der Waals surface area contributed by atoms with Gasteiger partial charge in [-0.1, -0.05) is 11.6 Å². The first kappa shape index (κ1) is 17.6. The zero-order chi connectivity index (χ0) is 17.2. The SMILES string of the molecule is Cc1cc(Nc2ccc(Cl)cc2)c(NS(=O)C(F)(F)F)cc1C. The molecule has 1 atom stereocenters. The van der Waals surface area contributed by atoms with Crippen LogP contribution < -0.4 is 10.0 Å². The topological polar surface area (TPSA) is 41.1 Å². The smallest absolute Gasteiger partial charge is 0.354 e. The molecule has 0 saturated heterocycles. The molecule has 0 amide bonds. The highest BCUT2D eigenvalue weighted by Crippen LogP contribution is 2.32. The maximum Gasteiger partial charge on any atom is 0.490 e. The molecule has 0 spiro atoms. The molecule has 0 fully saturated rings. The van der Waals surface area contributed by atoms with Crippen LogP contribution in [0.3, 0.4) is 0 Å². The van der Waals surface area contributed by atoms with Crippen LogP contribution in [0.25, 0.3) is 0 Å². The maximum absolute atomic E-state index is 12.5. The first-order chi connectivity index (χ1) is 10.7. The molecule has 1 unspecified atom stereocenters. The van der Waals surface area contributed by atoms with Crippen molar-refractivity contribution in [2.45, 2.75) is 19.4 Å². The van der Waals surface area contributed by atoms with E-state index in [2.05, 4.69) is 5.32 Å². The summed E-state index contributed by atoms with van der Waals surface area (Å²) in [6, 6.07) is 9.93. The Kier molecular flexibility index (Phi) is 5.21. The number of rotatable bonds is 4. The normalized spacial score (nSPS) is 12.8. The van der Waals surface area contributed by atoms with E-state index >= 15 is 0 Å². The van der Waals surface area contributed by atoms with Crippen molar-refractivity contribution < 1.29 is 17.4 Å². The lowest BCUT2D eigenvalue weighted by Gasteiger charge is -2.17. The number of benzene rings is 2. The van der Waals surface area contributed by atoms with Gasteiger partial charge < -0.3 is 5.32 Å². The van der Waals surface area contributed by atoms with Crippen LogP contribution in [0.4, 0.5) is 30.2 Å². The summed E-state index contributed by atoms with van der Waals surface area (Å²) in [4.78, 5) is 0. The zero-order valence-corrected chi connectivity index (χ0v) is 13.9. The number of hydrogen-bond acceptors (Lipinski definition) is 2. The summed E-state index contributed by atoms with van der Waals surface area (Å²) < 4.78 is 50.9. The lowest BCUT2D eigenvalue weighted by Crippen LogP contribution is -2.23. The zero-order valence-electron chi connectivity index (χ0n) is 12.3. The Bertz CT molecular complexity index is 733. The van der Waals surface area contributed by atoms with Crippen LogP contribution in [0.2, 0.25) is 5.02 Å². The van der Waals surface area contributed by atoms with Crippen molar-refractivity contribution in [1.82, 2.24) is 0 Å². The first-order valence-corrected chi connectivity index (χ1v) is 8.08. The van der Waals surface area contributed by atoms with Crippen molar-refractivity contribution in [3.8, 4) is 0 Å². The average Bonchev–Trinajstić information content (AvgIpc) is 2.45. The summed E-state index contributed by atoms with van der Waals surface area (Å²) in [5.74, 6) is 0. The minimum atomic E-state index is -4.84. The van der Waals surface area contributed by atoms with Crippen molar-refractivity contribution in [2.24, 2.45) is 0 Å². The van der Waals surface area contributed by atoms with Crippen LogP contribution in [0.5, 0.6) is 0 Å². The molecule has 2 rings (SSSR count). The molecule has 2 aromatic carbocycles. The highest BCUT2D eigenvalue weighted by atomic mass is 35.5. The molecule has 0 bridgehead atoms. The Morgan fingerprint density at radius 3 is 2.04 bits per heavy atom. The van der Waals surface area contributed by atoms with E-state index in [0.717, 1.165) is 11.1 Å². The molecule has 0 aliphatic heterocycles. The van der Waals surface area contributed by atoms with Crippen molar-refractivity contribution in [3.63, 3.8) is 0 Å². The third-order valence-electron chi connectivity index (χ3n) is 3.17. The minimum absolute atomic E-state index is 0.110. The summed E-state index contributed by atoms with van der Waals surface area (Å²) in [6.07, 6.45) is 0. The third kappa shape index (κ3) is 4.62. The van der Waals surface area contributed by atoms with Gasteiger partial charge in [-0.3, -0.25) is 4.72 Å². The van der Waals surface area contributed by atoms with E-state index in [0.29, 0.717) is 16.4 Å². The second-order valence-electron chi connectivity index (χ2n) is 4.93. The monoisotopic (exact) mass is 362 g/mol. The van der Waals surface area contributed by atoms with Gasteiger partial charge in [0.1, 0.15) is 0 Å². The fourth-order valence-electron chi connectivity index (χ4n) is 1.85. The third-order valence-corrected chi connectivity index (χ3v) is 4.25. The molecule has 124 valence electrons. The average molecular weight is 363 g/mol. The Morgan fingerprint density at radius 2 is 1.52 bits per heavy atom. The largest absolute Gasteiger partial charge is 0.490 e. The number of aryl methyl sites for hydroxylation is 2. The summed E-state index contributed by atoms with van der Waals surface area (Å²) in [6.45, 7) is 3.61. The van der Waals surface area contributed by atoms with E-state index in [1.165, 1.54) is 6.07 Å². The molecule has 0 radical (unpaired) electrons. The van der Waals surface area contributed by atoms with Crippen LogP contribution in [-0.4, -0.2) is 9.72 Å². The lowest BCUT2D eigenvalue weighted by molar-refractivity contribution is -0.0379. The van der Waals surface area contributed by atoms with Gasteiger partial charge in [0.25, 0.3) is 0 Å². The van der Waals surface area contributed by atoms with Crippen LogP contribution in [0.15, 0.2) is 36.4 Å². The van der Waals surface area contributed by atoms with E-state index < -0.39 is 16.5 Å². The summed E-state index contributed by atoms with van der Waals surface area (Å²) in [5, 5.41) is 3.55. The van der Waals surface area contributed by atoms with Gasteiger partial charge >= 0.3 is 5.51 Å². The lowest BCUT2D eigenvalue weighted by atomic mass is 10.1. The van der Waals surface area contributed by atoms with E-state index in [1.807, 2.05) is 11.6 Å². The molecule has 0 aliphatic rings. The van der Waals surface area contributed by atoms with Gasteiger partial charge in [-0.15, -0.1) is 0 Å². The Morgan fingerprint density at radius 1 is 1.00 bits per heavy atom. The fourth-order valence-corrected chi connectivity index (χ4v) is 2.46. The standard InChI is InChI=1S/C15H14ClF3N2OS/c1-9-7-13(20-12-5-3-11(16)4-6-12)14(8-10(9)2)21-23(22)15(17,18)19/h3-8,20-21H,1-2H3. The maximum atomic E-state index is 12.5. The van der Waals surface area contributed by atoms with Gasteiger partial charge in [0.05, 0.1) is 11.4 Å². The molecule has 3 nitrogen and oxygen atoms in total. The highest BCUT2D eigenvalue weighted by molar-refractivity contribution is 7.87. The summed E-state index contributed by atoms with van der Waals surface area (Å²) in [7, 11) is -3.19. The van der Waals surface area contributed by atoms with Crippen LogP contribution in [0.1, 0.15) is 11.1 Å². The Hall–Kier alpha value is -1.73. The number of alkyl halides is 3.